The van der Waals surface area contributed by atoms with Gasteiger partial charge in [0.15, 0.2) is 0 Å². The molecular formula is C27H23N3O3. The van der Waals surface area contributed by atoms with Gasteiger partial charge in [0.1, 0.15) is 6.10 Å². The van der Waals surface area contributed by atoms with Crippen LogP contribution in [-0.2, 0) is 11.2 Å². The van der Waals surface area contributed by atoms with Crippen molar-refractivity contribution in [3.05, 3.63) is 119 Å². The summed E-state index contributed by atoms with van der Waals surface area (Å²) >= 11 is 0. The zero-order valence-electron chi connectivity index (χ0n) is 18.1. The summed E-state index contributed by atoms with van der Waals surface area (Å²) < 4.78 is 7.54. The minimum absolute atomic E-state index is 0.174. The molecule has 1 aromatic heterocycles. The van der Waals surface area contributed by atoms with E-state index in [9.17, 15) is 9.59 Å². The average molecular weight is 437 g/mol. The summed E-state index contributed by atoms with van der Waals surface area (Å²) in [6.45, 7) is 1.95. The fourth-order valence-corrected chi connectivity index (χ4v) is 4.10. The van der Waals surface area contributed by atoms with Crippen LogP contribution < -0.4 is 5.32 Å². The SMILES string of the molecule is CC(NC(=O)c1ccc2c(c1)CC(c1ccccc1)OC2=O)c1ccc(-n2ccnc2)cc1. The Hall–Kier alpha value is -4.19. The Bertz CT molecular complexity index is 1280. The Balaban J connectivity index is 1.31. The van der Waals surface area contributed by atoms with Crippen LogP contribution in [0.1, 0.15) is 56.5 Å². The number of aromatic nitrogens is 2. The second kappa shape index (κ2) is 8.74. The summed E-state index contributed by atoms with van der Waals surface area (Å²) in [4.78, 5) is 29.5. The number of benzene rings is 3. The van der Waals surface area contributed by atoms with E-state index in [-0.39, 0.29) is 24.0 Å². The molecule has 4 aromatic rings. The van der Waals surface area contributed by atoms with Crippen molar-refractivity contribution in [1.82, 2.24) is 14.9 Å². The van der Waals surface area contributed by atoms with Gasteiger partial charge in [-0.05, 0) is 53.9 Å². The van der Waals surface area contributed by atoms with E-state index in [0.29, 0.717) is 17.5 Å². The van der Waals surface area contributed by atoms with Crippen LogP contribution in [0.25, 0.3) is 5.69 Å². The number of nitrogens with one attached hydrogen (secondary N) is 1. The van der Waals surface area contributed by atoms with Crippen LogP contribution in [0.2, 0.25) is 0 Å². The summed E-state index contributed by atoms with van der Waals surface area (Å²) in [7, 11) is 0. The number of esters is 1. The molecule has 2 heterocycles. The monoisotopic (exact) mass is 437 g/mol. The van der Waals surface area contributed by atoms with E-state index in [1.807, 2.05) is 72.3 Å². The number of fused-ring (bicyclic) bond motifs is 1. The molecule has 6 nitrogen and oxygen atoms in total. The Morgan fingerprint density at radius 2 is 1.88 bits per heavy atom. The minimum atomic E-state index is -0.358. The van der Waals surface area contributed by atoms with Gasteiger partial charge >= 0.3 is 5.97 Å². The van der Waals surface area contributed by atoms with Crippen molar-refractivity contribution < 1.29 is 14.3 Å². The first-order valence-electron chi connectivity index (χ1n) is 10.9. The molecule has 1 amide bonds. The number of hydrogen-bond donors (Lipinski definition) is 1. The van der Waals surface area contributed by atoms with Gasteiger partial charge in [-0.2, -0.15) is 0 Å². The largest absolute Gasteiger partial charge is 0.454 e. The molecule has 6 heteroatoms. The van der Waals surface area contributed by atoms with Gasteiger partial charge < -0.3 is 14.6 Å². The molecule has 1 aliphatic rings. The first-order valence-corrected chi connectivity index (χ1v) is 10.9. The molecule has 3 aromatic carbocycles. The van der Waals surface area contributed by atoms with E-state index in [1.165, 1.54) is 0 Å². The van der Waals surface area contributed by atoms with Crippen molar-refractivity contribution in [1.29, 1.82) is 0 Å². The molecule has 1 N–H and O–H groups in total. The lowest BCUT2D eigenvalue weighted by atomic mass is 9.93. The lowest BCUT2D eigenvalue weighted by Crippen LogP contribution is -2.28. The molecule has 0 radical (unpaired) electrons. The molecule has 0 bridgehead atoms. The second-order valence-corrected chi connectivity index (χ2v) is 8.14. The highest BCUT2D eigenvalue weighted by Crippen LogP contribution is 2.31. The third kappa shape index (κ3) is 4.28. The number of hydrogen-bond acceptors (Lipinski definition) is 4. The van der Waals surface area contributed by atoms with Crippen LogP contribution >= 0.6 is 0 Å². The number of imidazole rings is 1. The summed E-state index contributed by atoms with van der Waals surface area (Å²) in [5, 5.41) is 3.05. The van der Waals surface area contributed by atoms with Crippen molar-refractivity contribution in [3.63, 3.8) is 0 Å². The molecule has 0 aliphatic carbocycles. The van der Waals surface area contributed by atoms with Crippen molar-refractivity contribution in [2.75, 3.05) is 0 Å². The molecule has 5 rings (SSSR count). The van der Waals surface area contributed by atoms with Gasteiger partial charge in [0.2, 0.25) is 0 Å². The van der Waals surface area contributed by atoms with Crippen LogP contribution in [0.15, 0.2) is 91.5 Å². The second-order valence-electron chi connectivity index (χ2n) is 8.14. The maximum Gasteiger partial charge on any atom is 0.339 e. The van der Waals surface area contributed by atoms with Crippen molar-refractivity contribution in [2.24, 2.45) is 0 Å². The maximum atomic E-state index is 13.0. The summed E-state index contributed by atoms with van der Waals surface area (Å²) in [5.74, 6) is -0.539. The third-order valence-corrected chi connectivity index (χ3v) is 5.96. The molecule has 2 atom stereocenters. The zero-order valence-corrected chi connectivity index (χ0v) is 18.1. The molecule has 0 fully saturated rings. The lowest BCUT2D eigenvalue weighted by molar-refractivity contribution is 0.0252. The van der Waals surface area contributed by atoms with Gasteiger partial charge in [0.05, 0.1) is 17.9 Å². The molecule has 164 valence electrons. The molecule has 33 heavy (non-hydrogen) atoms. The number of amides is 1. The number of rotatable bonds is 5. The predicted molar refractivity (Wildman–Crippen MR) is 124 cm³/mol. The Labute approximate surface area is 191 Å². The highest BCUT2D eigenvalue weighted by Gasteiger charge is 2.28. The van der Waals surface area contributed by atoms with Crippen LogP contribution in [0.4, 0.5) is 0 Å². The maximum absolute atomic E-state index is 13.0. The van der Waals surface area contributed by atoms with Crippen molar-refractivity contribution >= 4 is 11.9 Å². The fraction of sp³-hybridized carbons (Fsp3) is 0.148. The number of ether oxygens (including phenoxy) is 1. The van der Waals surface area contributed by atoms with Gasteiger partial charge in [0, 0.05) is 30.1 Å². The number of carbonyl (C=O) groups excluding carboxylic acids is 2. The number of cyclic esters (lactones) is 1. The van der Waals surface area contributed by atoms with Crippen molar-refractivity contribution in [2.45, 2.75) is 25.5 Å². The average Bonchev–Trinajstić information content (AvgIpc) is 3.39. The first-order chi connectivity index (χ1) is 16.1. The van der Waals surface area contributed by atoms with E-state index in [2.05, 4.69) is 10.3 Å². The van der Waals surface area contributed by atoms with Crippen LogP contribution in [0.3, 0.4) is 0 Å². The van der Waals surface area contributed by atoms with E-state index >= 15 is 0 Å². The highest BCUT2D eigenvalue weighted by molar-refractivity contribution is 5.98. The highest BCUT2D eigenvalue weighted by atomic mass is 16.5. The molecule has 2 unspecified atom stereocenters. The predicted octanol–water partition coefficient (Wildman–Crippen LogP) is 4.82. The van der Waals surface area contributed by atoms with E-state index in [4.69, 9.17) is 4.74 Å². The number of carbonyl (C=O) groups is 2. The van der Waals surface area contributed by atoms with Gasteiger partial charge in [-0.3, -0.25) is 4.79 Å². The topological polar surface area (TPSA) is 73.2 Å². The summed E-state index contributed by atoms with van der Waals surface area (Å²) in [5.41, 5.74) is 4.81. The van der Waals surface area contributed by atoms with Crippen molar-refractivity contribution in [3.8, 4) is 5.69 Å². The van der Waals surface area contributed by atoms with Gasteiger partial charge in [-0.25, -0.2) is 9.78 Å². The Kier molecular flexibility index (Phi) is 5.48. The number of nitrogens with zero attached hydrogens (tertiary/aromatic N) is 2. The Morgan fingerprint density at radius 3 is 2.61 bits per heavy atom. The fourth-order valence-electron chi connectivity index (χ4n) is 4.10. The lowest BCUT2D eigenvalue weighted by Gasteiger charge is -2.25. The zero-order chi connectivity index (χ0) is 22.8. The van der Waals surface area contributed by atoms with Crippen LogP contribution in [0, 0.1) is 0 Å². The van der Waals surface area contributed by atoms with Gasteiger partial charge in [-0.15, -0.1) is 0 Å². The van der Waals surface area contributed by atoms with E-state index < -0.39 is 0 Å². The minimum Gasteiger partial charge on any atom is -0.454 e. The smallest absolute Gasteiger partial charge is 0.339 e. The normalized spacial score (nSPS) is 15.9. The Morgan fingerprint density at radius 1 is 1.09 bits per heavy atom. The van der Waals surface area contributed by atoms with Gasteiger partial charge in [-0.1, -0.05) is 42.5 Å². The molecule has 1 aliphatic heterocycles. The molecule has 0 saturated carbocycles. The molecule has 0 saturated heterocycles. The van der Waals surface area contributed by atoms with E-state index in [1.54, 1.807) is 30.7 Å². The molecule has 0 spiro atoms. The van der Waals surface area contributed by atoms with Crippen LogP contribution in [-0.4, -0.2) is 21.4 Å². The summed E-state index contributed by atoms with van der Waals surface area (Å²) in [6, 6.07) is 22.6. The summed E-state index contributed by atoms with van der Waals surface area (Å²) in [6.07, 6.45) is 5.55. The standard InChI is InChI=1S/C27H23N3O3/c1-18(19-7-10-23(11-8-19)30-14-13-28-17-30)29-26(31)21-9-12-24-22(15-21)16-25(33-27(24)32)20-5-3-2-4-6-20/h2-15,17-18,25H,16H2,1H3,(H,29,31). The first kappa shape index (κ1) is 20.7. The third-order valence-electron chi connectivity index (χ3n) is 5.96. The molecular weight excluding hydrogens is 414 g/mol. The van der Waals surface area contributed by atoms with E-state index in [0.717, 1.165) is 22.4 Å². The quantitative estimate of drug-likeness (QED) is 0.455. The van der Waals surface area contributed by atoms with Crippen LogP contribution in [0.5, 0.6) is 0 Å². The van der Waals surface area contributed by atoms with Gasteiger partial charge in [0.25, 0.3) is 5.91 Å².